The lowest BCUT2D eigenvalue weighted by Gasteiger charge is -2.46. The summed E-state index contributed by atoms with van der Waals surface area (Å²) in [7, 11) is 0. The van der Waals surface area contributed by atoms with Gasteiger partial charge < -0.3 is 18.6 Å². The lowest BCUT2D eigenvalue weighted by Crippen LogP contribution is -2.37. The fourth-order valence-electron chi connectivity index (χ4n) is 16.5. The summed E-state index contributed by atoms with van der Waals surface area (Å²) in [6.45, 7) is 0. The highest BCUT2D eigenvalue weighted by Crippen LogP contribution is 2.60. The van der Waals surface area contributed by atoms with Gasteiger partial charge in [0.15, 0.2) is 0 Å². The quantitative estimate of drug-likeness (QED) is 0.141. The van der Waals surface area contributed by atoms with Crippen LogP contribution in [0.3, 0.4) is 0 Å². The molecule has 0 fully saturated rings. The second-order valence-electron chi connectivity index (χ2n) is 24.2. The van der Waals surface area contributed by atoms with Crippen LogP contribution in [0.15, 0.2) is 340 Å². The highest BCUT2D eigenvalue weighted by Gasteiger charge is 2.48. The van der Waals surface area contributed by atoms with Crippen LogP contribution in [0, 0.1) is 0 Å². The zero-order valence-corrected chi connectivity index (χ0v) is 49.1. The van der Waals surface area contributed by atoms with Gasteiger partial charge in [0.25, 0.3) is 0 Å². The third-order valence-electron chi connectivity index (χ3n) is 20.0. The first-order valence-corrected chi connectivity index (χ1v) is 31.3. The predicted molar refractivity (Wildman–Crippen MR) is 374 cm³/mol. The molecule has 17 aromatic rings. The van der Waals surface area contributed by atoms with Gasteiger partial charge in [0.2, 0.25) is 0 Å². The first-order chi connectivity index (χ1) is 44.7. The number of hydrogen-bond acceptors (Lipinski definition) is 2. The molecule has 0 atom stereocenters. The lowest BCUT2D eigenvalue weighted by molar-refractivity contribution is 0.731. The van der Waals surface area contributed by atoms with Crippen molar-refractivity contribution in [3.63, 3.8) is 0 Å². The van der Waals surface area contributed by atoms with Crippen LogP contribution in [0.2, 0.25) is 0 Å². The molecule has 4 heteroatoms. The van der Waals surface area contributed by atoms with E-state index >= 15 is 0 Å². The molecule has 0 spiro atoms. The van der Waals surface area contributed by atoms with Gasteiger partial charge in [0, 0.05) is 32.9 Å². The molecule has 14 aromatic carbocycles. The predicted octanol–water partition coefficient (Wildman–Crippen LogP) is 21.9. The molecule has 0 unspecified atom stereocenters. The van der Waals surface area contributed by atoms with Crippen molar-refractivity contribution in [3.05, 3.63) is 384 Å². The van der Waals surface area contributed by atoms with E-state index in [4.69, 9.17) is 0 Å². The third-order valence-corrected chi connectivity index (χ3v) is 20.0. The number of fused-ring (bicyclic) bond motifs is 12. The Balaban J connectivity index is 0.749. The van der Waals surface area contributed by atoms with E-state index in [2.05, 4.69) is 358 Å². The Kier molecular flexibility index (Phi) is 10.9. The minimum atomic E-state index is -0.529. The Bertz CT molecular complexity index is 5120. The molecule has 0 saturated carbocycles. The highest BCUT2D eigenvalue weighted by molar-refractivity contribution is 6.26. The maximum absolute atomic E-state index is 2.55. The molecule has 2 aliphatic rings. The number of rotatable bonds is 8. The van der Waals surface area contributed by atoms with Crippen LogP contribution in [0.25, 0.3) is 76.9 Å². The summed E-state index contributed by atoms with van der Waals surface area (Å²) in [6.07, 6.45) is 0. The lowest BCUT2D eigenvalue weighted by atomic mass is 9.62. The number of anilines is 6. The summed E-state index contributed by atoms with van der Waals surface area (Å²) in [5.41, 5.74) is 27.8. The van der Waals surface area contributed by atoms with E-state index < -0.39 is 10.8 Å². The van der Waals surface area contributed by atoms with Crippen LogP contribution in [0.5, 0.6) is 0 Å². The number of hydrogen-bond donors (Lipinski definition) is 0. The normalized spacial score (nSPS) is 13.9. The fourth-order valence-corrected chi connectivity index (χ4v) is 16.5. The summed E-state index contributed by atoms with van der Waals surface area (Å²) >= 11 is 0. The van der Waals surface area contributed by atoms with Gasteiger partial charge in [-0.25, -0.2) is 0 Å². The molecular weight excluding hydrogens is 1090 g/mol. The molecule has 5 heterocycles. The first kappa shape index (κ1) is 50.4. The largest absolute Gasteiger partial charge is 0.310 e. The first-order valence-electron chi connectivity index (χ1n) is 31.3. The molecule has 19 rings (SSSR count). The van der Waals surface area contributed by atoms with Gasteiger partial charge >= 0.3 is 0 Å². The average molecular weight is 1150 g/mol. The van der Waals surface area contributed by atoms with Gasteiger partial charge in [-0.3, -0.25) is 0 Å². The molecule has 90 heavy (non-hydrogen) atoms. The topological polar surface area (TPSA) is 15.3 Å². The van der Waals surface area contributed by atoms with Crippen LogP contribution < -0.4 is 9.80 Å². The van der Waals surface area contributed by atoms with E-state index in [-0.39, 0.29) is 0 Å². The van der Waals surface area contributed by atoms with Gasteiger partial charge in [-0.2, -0.15) is 0 Å². The number of para-hydroxylation sites is 6. The van der Waals surface area contributed by atoms with Crippen molar-refractivity contribution in [1.82, 2.24) is 8.80 Å². The summed E-state index contributed by atoms with van der Waals surface area (Å²) in [4.78, 5) is 4.94. The van der Waals surface area contributed by atoms with Crippen LogP contribution in [-0.2, 0) is 10.8 Å². The molecule has 420 valence electrons. The molecule has 4 nitrogen and oxygen atoms in total. The van der Waals surface area contributed by atoms with E-state index in [1.54, 1.807) is 0 Å². The van der Waals surface area contributed by atoms with Crippen LogP contribution in [-0.4, -0.2) is 8.80 Å². The van der Waals surface area contributed by atoms with E-state index in [9.17, 15) is 0 Å². The van der Waals surface area contributed by atoms with Crippen molar-refractivity contribution < 1.29 is 0 Å². The summed E-state index contributed by atoms with van der Waals surface area (Å²) in [5.74, 6) is 0. The van der Waals surface area contributed by atoms with Gasteiger partial charge in [-0.1, -0.05) is 267 Å². The van der Waals surface area contributed by atoms with E-state index in [1.165, 1.54) is 144 Å². The van der Waals surface area contributed by atoms with Crippen molar-refractivity contribution in [3.8, 4) is 22.3 Å². The smallest absolute Gasteiger partial charge is 0.0789 e. The third kappa shape index (κ3) is 6.79. The maximum atomic E-state index is 2.55. The summed E-state index contributed by atoms with van der Waals surface area (Å²) in [5, 5.41) is 4.97. The van der Waals surface area contributed by atoms with Crippen LogP contribution in [0.1, 0.15) is 44.5 Å². The van der Waals surface area contributed by atoms with Crippen molar-refractivity contribution in [2.24, 2.45) is 0 Å². The minimum Gasteiger partial charge on any atom is -0.310 e. The second kappa shape index (κ2) is 19.4. The summed E-state index contributed by atoms with van der Waals surface area (Å²) < 4.78 is 5.10. The fraction of sp³-hybridized carbons (Fsp3) is 0.0233. The van der Waals surface area contributed by atoms with Crippen LogP contribution >= 0.6 is 0 Å². The Morgan fingerprint density at radius 3 is 0.811 bits per heavy atom. The Morgan fingerprint density at radius 2 is 0.489 bits per heavy atom. The molecule has 0 amide bonds. The molecule has 0 bridgehead atoms. The molecule has 0 radical (unpaired) electrons. The standard InChI is InChI=1S/C86H56N4/c1-5-25-59(26-6-1)85(60-27-7-2-8-28-60)69-35-15-21-41-75(69)87(76-42-22-16-36-70(76)85)63-49-45-57(46-50-63)65-53-55-79-83-81(65)67-33-13-19-39-73(67)89(83)80-56-54-66(82-68-34-14-20-40-74(68)90(79)84(80)82)58-47-51-64(52-48-58)88-77-43-23-17-37-71(77)86(61-29-9-3-10-30-61,62-31-11-4-12-32-62)72-38-18-24-44-78(72)88/h1-56H. The van der Waals surface area contributed by atoms with Gasteiger partial charge in [0.1, 0.15) is 0 Å². The summed E-state index contributed by atoms with van der Waals surface area (Å²) in [6, 6.07) is 126. The van der Waals surface area contributed by atoms with Crippen molar-refractivity contribution in [2.75, 3.05) is 9.80 Å². The van der Waals surface area contributed by atoms with Crippen molar-refractivity contribution >= 4 is 88.8 Å². The molecule has 3 aromatic heterocycles. The van der Waals surface area contributed by atoms with E-state index in [0.29, 0.717) is 0 Å². The minimum absolute atomic E-state index is 0.529. The van der Waals surface area contributed by atoms with Gasteiger partial charge in [-0.05, 0) is 140 Å². The molecule has 2 aliphatic heterocycles. The van der Waals surface area contributed by atoms with E-state index in [1.807, 2.05) is 0 Å². The number of benzene rings is 14. The van der Waals surface area contributed by atoms with Crippen molar-refractivity contribution in [2.45, 2.75) is 10.8 Å². The van der Waals surface area contributed by atoms with Gasteiger partial charge in [0.05, 0.1) is 66.7 Å². The molecular formula is C86H56N4. The van der Waals surface area contributed by atoms with E-state index in [0.717, 1.165) is 11.4 Å². The SMILES string of the molecule is c1ccc(C2(c3ccccc3)c3ccccc3N(c3ccc(-c4ccc5c6c4c4ccccc4n6c4ccc(-c6ccc(N7c8ccccc8C(c8ccccc8)(c8ccccc8)c8ccccc87)cc6)c6c7ccccc7n5c64)cc3)c3ccccc32)cc1. The maximum Gasteiger partial charge on any atom is 0.0789 e. The molecule has 0 N–H and O–H groups in total. The zero-order chi connectivity index (χ0) is 59.1. The molecule has 0 aliphatic carbocycles. The Morgan fingerprint density at radius 1 is 0.211 bits per heavy atom. The Hall–Kier alpha value is -11.7. The van der Waals surface area contributed by atoms with Crippen molar-refractivity contribution in [1.29, 1.82) is 0 Å². The Labute approximate surface area is 521 Å². The van der Waals surface area contributed by atoms with Gasteiger partial charge in [-0.15, -0.1) is 0 Å². The number of nitrogens with zero attached hydrogens (tertiary/aromatic N) is 4. The molecule has 0 saturated heterocycles. The second-order valence-corrected chi connectivity index (χ2v) is 24.2. The zero-order valence-electron chi connectivity index (χ0n) is 49.1. The average Bonchev–Trinajstić information content (AvgIpc) is 1.15. The monoisotopic (exact) mass is 1140 g/mol. The van der Waals surface area contributed by atoms with Crippen LogP contribution in [0.4, 0.5) is 34.1 Å². The highest BCUT2D eigenvalue weighted by atomic mass is 15.2. The number of aromatic nitrogens is 2.